The zero-order chi connectivity index (χ0) is 22.2. The molecule has 3 rings (SSSR count). The molecule has 1 heterocycles. The summed E-state index contributed by atoms with van der Waals surface area (Å²) in [6.45, 7) is 9.51. The molecule has 6 heteroatoms. The molecule has 0 bridgehead atoms. The lowest BCUT2D eigenvalue weighted by Gasteiger charge is -2.35. The maximum atomic E-state index is 12.8. The number of amides is 1. The molecule has 1 N–H and O–H groups in total. The van der Waals surface area contributed by atoms with Crippen LogP contribution in [0.5, 0.6) is 0 Å². The standard InChI is InChI=1S/C25H34N4O2/c1-5-26-25(28(4)18-22-9-7-6-8-10-22)27-15-21-11-13-23(14-12-21)24(30)29-16-19(2)31-20(3)17-29/h6-14,19-20H,5,15-18H2,1-4H3,(H,26,27). The van der Waals surface area contributed by atoms with Crippen molar-refractivity contribution in [2.24, 2.45) is 4.99 Å². The summed E-state index contributed by atoms with van der Waals surface area (Å²) in [5.41, 5.74) is 3.02. The molecule has 2 aromatic carbocycles. The van der Waals surface area contributed by atoms with E-state index < -0.39 is 0 Å². The van der Waals surface area contributed by atoms with Crippen molar-refractivity contribution in [1.29, 1.82) is 0 Å². The number of benzene rings is 2. The van der Waals surface area contributed by atoms with Gasteiger partial charge in [-0.1, -0.05) is 42.5 Å². The predicted octanol–water partition coefficient (Wildman–Crippen LogP) is 3.53. The third kappa shape index (κ3) is 6.56. The Hall–Kier alpha value is -2.86. The minimum Gasteiger partial charge on any atom is -0.372 e. The number of ether oxygens (including phenoxy) is 1. The van der Waals surface area contributed by atoms with E-state index in [-0.39, 0.29) is 18.1 Å². The monoisotopic (exact) mass is 422 g/mol. The number of nitrogens with one attached hydrogen (secondary N) is 1. The van der Waals surface area contributed by atoms with E-state index in [1.165, 1.54) is 5.56 Å². The second-order valence-electron chi connectivity index (χ2n) is 8.18. The van der Waals surface area contributed by atoms with Crippen molar-refractivity contribution in [3.05, 3.63) is 71.3 Å². The largest absolute Gasteiger partial charge is 0.372 e. The highest BCUT2D eigenvalue weighted by Gasteiger charge is 2.26. The second-order valence-corrected chi connectivity index (χ2v) is 8.18. The summed E-state index contributed by atoms with van der Waals surface area (Å²) >= 11 is 0. The lowest BCUT2D eigenvalue weighted by molar-refractivity contribution is -0.0586. The van der Waals surface area contributed by atoms with Crippen molar-refractivity contribution in [2.75, 3.05) is 26.7 Å². The molecule has 0 saturated carbocycles. The maximum absolute atomic E-state index is 12.8. The normalized spacial score (nSPS) is 19.2. The first-order valence-electron chi connectivity index (χ1n) is 11.0. The van der Waals surface area contributed by atoms with Crippen LogP contribution in [-0.2, 0) is 17.8 Å². The van der Waals surface area contributed by atoms with Crippen LogP contribution in [0.15, 0.2) is 59.6 Å². The van der Waals surface area contributed by atoms with E-state index in [9.17, 15) is 4.79 Å². The van der Waals surface area contributed by atoms with Gasteiger partial charge in [0.25, 0.3) is 5.91 Å². The Labute approximate surface area is 185 Å². The van der Waals surface area contributed by atoms with Crippen molar-refractivity contribution in [3.63, 3.8) is 0 Å². The Morgan fingerprint density at radius 3 is 2.32 bits per heavy atom. The molecular weight excluding hydrogens is 388 g/mol. The minimum atomic E-state index is 0.0629. The quantitative estimate of drug-likeness (QED) is 0.572. The zero-order valence-electron chi connectivity index (χ0n) is 19.0. The van der Waals surface area contributed by atoms with Crippen LogP contribution in [0.2, 0.25) is 0 Å². The predicted molar refractivity (Wildman–Crippen MR) is 125 cm³/mol. The molecule has 1 aliphatic rings. The summed E-state index contributed by atoms with van der Waals surface area (Å²) < 4.78 is 5.73. The highest BCUT2D eigenvalue weighted by molar-refractivity contribution is 5.94. The first kappa shape index (κ1) is 22.8. The lowest BCUT2D eigenvalue weighted by atomic mass is 10.1. The molecule has 1 aliphatic heterocycles. The number of nitrogens with zero attached hydrogens (tertiary/aromatic N) is 3. The molecule has 166 valence electrons. The number of carbonyl (C=O) groups excluding carboxylic acids is 1. The number of morpholine rings is 1. The first-order valence-corrected chi connectivity index (χ1v) is 11.0. The molecule has 31 heavy (non-hydrogen) atoms. The third-order valence-corrected chi connectivity index (χ3v) is 5.28. The van der Waals surface area contributed by atoms with E-state index in [1.807, 2.05) is 68.3 Å². The summed E-state index contributed by atoms with van der Waals surface area (Å²) in [5, 5.41) is 3.36. The van der Waals surface area contributed by atoms with Gasteiger partial charge >= 0.3 is 0 Å². The molecule has 2 aromatic rings. The molecule has 0 radical (unpaired) electrons. The van der Waals surface area contributed by atoms with Crippen molar-refractivity contribution >= 4 is 11.9 Å². The Kier molecular flexibility index (Phi) is 8.06. The smallest absolute Gasteiger partial charge is 0.254 e. The van der Waals surface area contributed by atoms with E-state index in [2.05, 4.69) is 29.3 Å². The molecule has 6 nitrogen and oxygen atoms in total. The number of hydrogen-bond donors (Lipinski definition) is 1. The van der Waals surface area contributed by atoms with Crippen LogP contribution in [0.25, 0.3) is 0 Å². The summed E-state index contributed by atoms with van der Waals surface area (Å²) in [5.74, 6) is 0.927. The van der Waals surface area contributed by atoms with Gasteiger partial charge in [0, 0.05) is 38.8 Å². The first-order chi connectivity index (χ1) is 15.0. The van der Waals surface area contributed by atoms with Gasteiger partial charge in [0.05, 0.1) is 18.8 Å². The van der Waals surface area contributed by atoms with Crippen molar-refractivity contribution in [3.8, 4) is 0 Å². The molecule has 0 aromatic heterocycles. The van der Waals surface area contributed by atoms with Crippen LogP contribution in [0, 0.1) is 0 Å². The lowest BCUT2D eigenvalue weighted by Crippen LogP contribution is -2.48. The van der Waals surface area contributed by atoms with Gasteiger partial charge in [-0.15, -0.1) is 0 Å². The van der Waals surface area contributed by atoms with Gasteiger partial charge in [0.2, 0.25) is 0 Å². The topological polar surface area (TPSA) is 57.2 Å². The number of hydrogen-bond acceptors (Lipinski definition) is 3. The van der Waals surface area contributed by atoms with Crippen LogP contribution in [0.4, 0.5) is 0 Å². The summed E-state index contributed by atoms with van der Waals surface area (Å²) in [6.07, 6.45) is 0.136. The van der Waals surface area contributed by atoms with Gasteiger partial charge in [0.1, 0.15) is 0 Å². The van der Waals surface area contributed by atoms with E-state index in [4.69, 9.17) is 9.73 Å². The van der Waals surface area contributed by atoms with Crippen LogP contribution in [0.1, 0.15) is 42.3 Å². The van der Waals surface area contributed by atoms with Gasteiger partial charge < -0.3 is 19.9 Å². The fourth-order valence-corrected chi connectivity index (χ4v) is 3.85. The second kappa shape index (κ2) is 11.0. The Balaban J connectivity index is 1.63. The molecule has 1 saturated heterocycles. The summed E-state index contributed by atoms with van der Waals surface area (Å²) in [6, 6.07) is 18.1. The van der Waals surface area contributed by atoms with Gasteiger partial charge in [-0.25, -0.2) is 4.99 Å². The van der Waals surface area contributed by atoms with Gasteiger partial charge in [-0.3, -0.25) is 4.79 Å². The third-order valence-electron chi connectivity index (χ3n) is 5.28. The van der Waals surface area contributed by atoms with E-state index in [1.54, 1.807) is 0 Å². The molecule has 1 fully saturated rings. The van der Waals surface area contributed by atoms with Crippen molar-refractivity contribution < 1.29 is 9.53 Å². The van der Waals surface area contributed by atoms with Crippen molar-refractivity contribution in [2.45, 2.75) is 46.1 Å². The van der Waals surface area contributed by atoms with Crippen LogP contribution in [0.3, 0.4) is 0 Å². The van der Waals surface area contributed by atoms with Gasteiger partial charge in [0.15, 0.2) is 5.96 Å². The molecule has 1 amide bonds. The Bertz CT molecular complexity index is 857. The number of rotatable bonds is 6. The van der Waals surface area contributed by atoms with Gasteiger partial charge in [-0.2, -0.15) is 0 Å². The minimum absolute atomic E-state index is 0.0629. The summed E-state index contributed by atoms with van der Waals surface area (Å²) in [7, 11) is 2.04. The molecule has 2 unspecified atom stereocenters. The Morgan fingerprint density at radius 1 is 1.06 bits per heavy atom. The number of guanidine groups is 1. The number of aliphatic imine (C=N–C) groups is 1. The van der Waals surface area contributed by atoms with Crippen LogP contribution >= 0.6 is 0 Å². The van der Waals surface area contributed by atoms with E-state index in [0.717, 1.165) is 24.6 Å². The van der Waals surface area contributed by atoms with Crippen LogP contribution in [-0.4, -0.2) is 60.6 Å². The maximum Gasteiger partial charge on any atom is 0.254 e. The molecule has 0 aliphatic carbocycles. The van der Waals surface area contributed by atoms with E-state index >= 15 is 0 Å². The van der Waals surface area contributed by atoms with Crippen molar-refractivity contribution in [1.82, 2.24) is 15.1 Å². The van der Waals surface area contributed by atoms with Crippen LogP contribution < -0.4 is 5.32 Å². The summed E-state index contributed by atoms with van der Waals surface area (Å²) in [4.78, 5) is 21.6. The highest BCUT2D eigenvalue weighted by Crippen LogP contribution is 2.15. The SMILES string of the molecule is CCNC(=NCc1ccc(C(=O)N2CC(C)OC(C)C2)cc1)N(C)Cc1ccccc1. The molecular formula is C25H34N4O2. The molecule has 0 spiro atoms. The average molecular weight is 423 g/mol. The molecule has 2 atom stereocenters. The number of carbonyl (C=O) groups is 1. The average Bonchev–Trinajstić information content (AvgIpc) is 2.76. The van der Waals surface area contributed by atoms with Gasteiger partial charge in [-0.05, 0) is 44.0 Å². The fourth-order valence-electron chi connectivity index (χ4n) is 3.85. The van der Waals surface area contributed by atoms with E-state index in [0.29, 0.717) is 25.2 Å². The highest BCUT2D eigenvalue weighted by atomic mass is 16.5. The zero-order valence-corrected chi connectivity index (χ0v) is 19.0. The Morgan fingerprint density at radius 2 is 1.71 bits per heavy atom. The fraction of sp³-hybridized carbons (Fsp3) is 0.440.